The van der Waals surface area contributed by atoms with Gasteiger partial charge in [0.05, 0.1) is 29.3 Å². The Labute approximate surface area is 338 Å². The molecule has 1 N–H and O–H groups in total. The average Bonchev–Trinajstić information content (AvgIpc) is 4.05. The number of amides is 1. The summed E-state index contributed by atoms with van der Waals surface area (Å²) in [6.45, 7) is -0.191. The summed E-state index contributed by atoms with van der Waals surface area (Å²) >= 11 is 12.9. The molecule has 4 fully saturated rings. The molecule has 57 heavy (non-hydrogen) atoms. The van der Waals surface area contributed by atoms with Crippen molar-refractivity contribution in [1.82, 2.24) is 15.2 Å². The Bertz CT molecular complexity index is 2060. The number of carbonyl (C=O) groups is 3. The Morgan fingerprint density at radius 3 is 2.25 bits per heavy atom. The van der Waals surface area contributed by atoms with Crippen LogP contribution in [0.1, 0.15) is 75.2 Å². The van der Waals surface area contributed by atoms with Gasteiger partial charge in [0.1, 0.15) is 18.0 Å². The van der Waals surface area contributed by atoms with Gasteiger partial charge >= 0.3 is 18.6 Å². The molecule has 4 aliphatic rings. The highest BCUT2D eigenvalue weighted by molar-refractivity contribution is 6.35. The second-order valence-electron chi connectivity index (χ2n) is 14.4. The van der Waals surface area contributed by atoms with Crippen molar-refractivity contribution in [2.45, 2.75) is 57.0 Å². The number of aromatic nitrogens is 1. The fourth-order valence-electron chi connectivity index (χ4n) is 7.10. The number of carbonyl (C=O) groups excluding carboxylic acids is 3. The van der Waals surface area contributed by atoms with Crippen molar-refractivity contribution in [3.05, 3.63) is 117 Å². The standard InChI is InChI=1S/C42H41Cl2F2N3O8/c1-53-30-10-7-26(8-11-30)38(41(52)56-37-22-49-15-13-25(37)14-16-49)48-39(50)28-3-2-4-29(17-28)40(51)55-35(19-31-32(43)20-47-21-33(31)44)27-9-12-34(57-42(45)46)36(18-27)54-23-24-5-6-24/h2-4,7-12,17-18,20-21,24-25,35,37-38,42H,5-6,13-16,19,22-23H2,1H3,(H,48,50)/t35-,37-,38?/m0/s1. The van der Waals surface area contributed by atoms with Crippen LogP contribution in [0, 0.1) is 11.8 Å². The van der Waals surface area contributed by atoms with Crippen molar-refractivity contribution < 1.29 is 46.8 Å². The van der Waals surface area contributed by atoms with E-state index in [1.54, 1.807) is 24.3 Å². The maximum absolute atomic E-state index is 13.9. The zero-order valence-electron chi connectivity index (χ0n) is 31.0. The average molecular weight is 825 g/mol. The first-order valence-electron chi connectivity index (χ1n) is 18.7. The van der Waals surface area contributed by atoms with Crippen LogP contribution in [0.5, 0.6) is 17.2 Å². The van der Waals surface area contributed by atoms with Gasteiger partial charge < -0.3 is 29.0 Å². The molecule has 4 heterocycles. The van der Waals surface area contributed by atoms with E-state index in [1.165, 1.54) is 62.0 Å². The van der Waals surface area contributed by atoms with E-state index in [9.17, 15) is 23.2 Å². The number of benzene rings is 3. The van der Waals surface area contributed by atoms with Gasteiger partial charge in [-0.25, -0.2) is 9.59 Å². The number of ether oxygens (including phenoxy) is 5. The van der Waals surface area contributed by atoms with Crippen molar-refractivity contribution in [3.8, 4) is 17.2 Å². The summed E-state index contributed by atoms with van der Waals surface area (Å²) in [5, 5.41) is 3.26. The van der Waals surface area contributed by atoms with Crippen LogP contribution in [-0.2, 0) is 20.7 Å². The lowest BCUT2D eigenvalue weighted by Gasteiger charge is -2.44. The van der Waals surface area contributed by atoms with Crippen LogP contribution in [-0.4, -0.2) is 73.8 Å². The Morgan fingerprint density at radius 1 is 0.895 bits per heavy atom. The summed E-state index contributed by atoms with van der Waals surface area (Å²) in [5.74, 6) is -0.995. The number of fused-ring (bicyclic) bond motifs is 3. The minimum Gasteiger partial charge on any atom is -0.497 e. The monoisotopic (exact) mass is 823 g/mol. The molecule has 8 rings (SSSR count). The number of rotatable bonds is 16. The number of hydrogen-bond donors (Lipinski definition) is 1. The van der Waals surface area contributed by atoms with Gasteiger partial charge in [-0.2, -0.15) is 8.78 Å². The molecule has 300 valence electrons. The van der Waals surface area contributed by atoms with Gasteiger partial charge in [-0.1, -0.05) is 47.5 Å². The lowest BCUT2D eigenvalue weighted by molar-refractivity contribution is -0.161. The zero-order chi connectivity index (χ0) is 40.1. The zero-order valence-corrected chi connectivity index (χ0v) is 32.5. The van der Waals surface area contributed by atoms with E-state index in [1.807, 2.05) is 0 Å². The molecule has 1 aromatic heterocycles. The minimum atomic E-state index is -3.09. The Hall–Kier alpha value is -4.98. The van der Waals surface area contributed by atoms with Crippen LogP contribution in [0.4, 0.5) is 8.78 Å². The van der Waals surface area contributed by atoms with Gasteiger partial charge in [0.2, 0.25) is 0 Å². The van der Waals surface area contributed by atoms with Crippen molar-refractivity contribution in [2.24, 2.45) is 11.8 Å². The minimum absolute atomic E-state index is 0.0194. The smallest absolute Gasteiger partial charge is 0.387 e. The third-order valence-corrected chi connectivity index (χ3v) is 11.2. The first-order chi connectivity index (χ1) is 27.5. The molecule has 3 aliphatic heterocycles. The first kappa shape index (κ1) is 40.2. The quantitative estimate of drug-likeness (QED) is 0.111. The second kappa shape index (κ2) is 18.1. The summed E-state index contributed by atoms with van der Waals surface area (Å²) in [5.41, 5.74) is 1.42. The molecule has 0 radical (unpaired) electrons. The predicted molar refractivity (Wildman–Crippen MR) is 206 cm³/mol. The highest BCUT2D eigenvalue weighted by atomic mass is 35.5. The fourth-order valence-corrected chi connectivity index (χ4v) is 7.62. The molecule has 1 aliphatic carbocycles. The highest BCUT2D eigenvalue weighted by Gasteiger charge is 2.38. The Kier molecular flexibility index (Phi) is 12.8. The molecular weight excluding hydrogens is 783 g/mol. The van der Waals surface area contributed by atoms with Crippen LogP contribution in [0.15, 0.2) is 79.1 Å². The molecule has 11 nitrogen and oxygen atoms in total. The topological polar surface area (TPSA) is 126 Å². The molecule has 3 aromatic carbocycles. The predicted octanol–water partition coefficient (Wildman–Crippen LogP) is 8.04. The number of pyridine rings is 1. The highest BCUT2D eigenvalue weighted by Crippen LogP contribution is 2.38. The number of hydrogen-bond acceptors (Lipinski definition) is 10. The van der Waals surface area contributed by atoms with Crippen molar-refractivity contribution in [3.63, 3.8) is 0 Å². The summed E-state index contributed by atoms with van der Waals surface area (Å²) in [7, 11) is 1.53. The van der Waals surface area contributed by atoms with E-state index in [4.69, 9.17) is 46.9 Å². The normalized spacial score (nSPS) is 19.6. The number of methoxy groups -OCH3 is 1. The molecule has 2 bridgehead atoms. The van der Waals surface area contributed by atoms with Crippen molar-refractivity contribution >= 4 is 41.0 Å². The molecule has 3 saturated heterocycles. The van der Waals surface area contributed by atoms with Crippen LogP contribution in [0.3, 0.4) is 0 Å². The van der Waals surface area contributed by atoms with Gasteiger partial charge in [-0.3, -0.25) is 14.7 Å². The van der Waals surface area contributed by atoms with E-state index >= 15 is 0 Å². The number of piperidine rings is 3. The molecule has 0 spiro atoms. The van der Waals surface area contributed by atoms with Gasteiger partial charge in [0.15, 0.2) is 17.5 Å². The van der Waals surface area contributed by atoms with Gasteiger partial charge in [-0.15, -0.1) is 0 Å². The van der Waals surface area contributed by atoms with Gasteiger partial charge in [0.25, 0.3) is 5.91 Å². The fraction of sp³-hybridized carbons (Fsp3) is 0.381. The Balaban J connectivity index is 1.13. The molecule has 1 amide bonds. The van der Waals surface area contributed by atoms with Crippen LogP contribution < -0.4 is 19.5 Å². The van der Waals surface area contributed by atoms with E-state index in [-0.39, 0.29) is 51.1 Å². The summed E-state index contributed by atoms with van der Waals surface area (Å²) < 4.78 is 54.6. The summed E-state index contributed by atoms with van der Waals surface area (Å²) in [6.07, 6.45) is 5.26. The van der Waals surface area contributed by atoms with Gasteiger partial charge in [-0.05, 0) is 110 Å². The largest absolute Gasteiger partial charge is 0.497 e. The van der Waals surface area contributed by atoms with E-state index in [0.717, 1.165) is 38.8 Å². The number of esters is 2. The molecule has 1 unspecified atom stereocenters. The lowest BCUT2D eigenvalue weighted by Crippen LogP contribution is -2.52. The SMILES string of the molecule is COc1ccc(C(NC(=O)c2cccc(C(=O)O[C@@H](Cc3c(Cl)cncc3Cl)c3ccc(OC(F)F)c(OCC4CC4)c3)c2)C(=O)O[C@H]2CN3CCC2CC3)cc1. The maximum atomic E-state index is 13.9. The summed E-state index contributed by atoms with van der Waals surface area (Å²) in [4.78, 5) is 47.8. The number of nitrogens with zero attached hydrogens (tertiary/aromatic N) is 2. The molecule has 15 heteroatoms. The van der Waals surface area contributed by atoms with Crippen LogP contribution >= 0.6 is 23.2 Å². The number of alkyl halides is 2. The number of nitrogens with one attached hydrogen (secondary N) is 1. The molecule has 1 saturated carbocycles. The van der Waals surface area contributed by atoms with Crippen molar-refractivity contribution in [2.75, 3.05) is 33.4 Å². The number of halogens is 4. The molecule has 3 atom stereocenters. The van der Waals surface area contributed by atoms with Crippen LogP contribution in [0.2, 0.25) is 10.0 Å². The van der Waals surface area contributed by atoms with E-state index in [0.29, 0.717) is 41.5 Å². The second-order valence-corrected chi connectivity index (χ2v) is 15.2. The lowest BCUT2D eigenvalue weighted by atomic mass is 9.86. The van der Waals surface area contributed by atoms with Crippen molar-refractivity contribution in [1.29, 1.82) is 0 Å². The summed E-state index contributed by atoms with van der Waals surface area (Å²) in [6, 6.07) is 15.8. The molecule has 4 aromatic rings. The third-order valence-electron chi connectivity index (χ3n) is 10.5. The van der Waals surface area contributed by atoms with Crippen LogP contribution in [0.25, 0.3) is 0 Å². The Morgan fingerprint density at radius 2 is 1.60 bits per heavy atom. The maximum Gasteiger partial charge on any atom is 0.387 e. The van der Waals surface area contributed by atoms with E-state index < -0.39 is 36.6 Å². The third kappa shape index (κ3) is 10.1. The molecular formula is C42H41Cl2F2N3O8. The van der Waals surface area contributed by atoms with Gasteiger partial charge in [0, 0.05) is 30.9 Å². The van der Waals surface area contributed by atoms with E-state index in [2.05, 4.69) is 15.2 Å². The first-order valence-corrected chi connectivity index (χ1v) is 19.5.